The van der Waals surface area contributed by atoms with E-state index in [9.17, 15) is 14.9 Å². The van der Waals surface area contributed by atoms with Gasteiger partial charge in [0, 0.05) is 62.4 Å². The summed E-state index contributed by atoms with van der Waals surface area (Å²) in [5.74, 6) is 1.56. The van der Waals surface area contributed by atoms with Crippen LogP contribution in [0.4, 0.5) is 17.5 Å². The predicted octanol–water partition coefficient (Wildman–Crippen LogP) is 2.02. The molecular formula is C22H26N6O4. The SMILES string of the molecule is O=C(c1ccc([N+](=O)[O-])cc1)N1CCc2nc(N3CCCC3)nc(N3CCOCC3)c2C1. The first-order chi connectivity index (χ1) is 15.6. The van der Waals surface area contributed by atoms with Gasteiger partial charge in [0.1, 0.15) is 5.82 Å². The molecule has 0 spiro atoms. The van der Waals surface area contributed by atoms with Gasteiger partial charge in [-0.15, -0.1) is 0 Å². The zero-order valence-corrected chi connectivity index (χ0v) is 17.9. The van der Waals surface area contributed by atoms with Crippen LogP contribution < -0.4 is 9.80 Å². The number of anilines is 2. The molecule has 3 aliphatic rings. The number of nitro groups is 1. The summed E-state index contributed by atoms with van der Waals surface area (Å²) in [5.41, 5.74) is 2.43. The number of ether oxygens (including phenoxy) is 1. The Hall–Kier alpha value is -3.27. The molecule has 0 unspecified atom stereocenters. The van der Waals surface area contributed by atoms with Crippen LogP contribution in [0.2, 0.25) is 0 Å². The third-order valence-corrected chi connectivity index (χ3v) is 6.34. The Balaban J connectivity index is 1.44. The highest BCUT2D eigenvalue weighted by Gasteiger charge is 2.30. The Morgan fingerprint density at radius 1 is 0.969 bits per heavy atom. The van der Waals surface area contributed by atoms with E-state index < -0.39 is 4.92 Å². The number of benzene rings is 1. The Bertz CT molecular complexity index is 1020. The third-order valence-electron chi connectivity index (χ3n) is 6.34. The monoisotopic (exact) mass is 438 g/mol. The van der Waals surface area contributed by atoms with E-state index >= 15 is 0 Å². The van der Waals surface area contributed by atoms with E-state index in [-0.39, 0.29) is 11.6 Å². The number of nitrogens with zero attached hydrogens (tertiary/aromatic N) is 6. The average Bonchev–Trinajstić information content (AvgIpc) is 3.38. The van der Waals surface area contributed by atoms with Crippen LogP contribution in [0.5, 0.6) is 0 Å². The second-order valence-corrected chi connectivity index (χ2v) is 8.35. The van der Waals surface area contributed by atoms with Gasteiger partial charge in [-0.05, 0) is 25.0 Å². The van der Waals surface area contributed by atoms with Crippen LogP contribution in [-0.2, 0) is 17.7 Å². The molecule has 3 aliphatic heterocycles. The second kappa shape index (κ2) is 8.70. The molecule has 0 aliphatic carbocycles. The van der Waals surface area contributed by atoms with Crippen molar-refractivity contribution in [2.45, 2.75) is 25.8 Å². The summed E-state index contributed by atoms with van der Waals surface area (Å²) < 4.78 is 5.53. The van der Waals surface area contributed by atoms with Gasteiger partial charge in [-0.3, -0.25) is 14.9 Å². The number of carbonyl (C=O) groups excluding carboxylic acids is 1. The summed E-state index contributed by atoms with van der Waals surface area (Å²) >= 11 is 0. The van der Waals surface area contributed by atoms with Crippen LogP contribution in [0.15, 0.2) is 24.3 Å². The van der Waals surface area contributed by atoms with Gasteiger partial charge in [0.2, 0.25) is 5.95 Å². The molecule has 10 heteroatoms. The zero-order chi connectivity index (χ0) is 22.1. The first kappa shape index (κ1) is 20.6. The van der Waals surface area contributed by atoms with Crippen LogP contribution in [0, 0.1) is 10.1 Å². The maximum absolute atomic E-state index is 13.1. The van der Waals surface area contributed by atoms with Crippen molar-refractivity contribution in [2.75, 3.05) is 55.7 Å². The molecule has 4 heterocycles. The van der Waals surface area contributed by atoms with Crippen molar-refractivity contribution >= 4 is 23.4 Å². The lowest BCUT2D eigenvalue weighted by molar-refractivity contribution is -0.384. The van der Waals surface area contributed by atoms with Gasteiger partial charge < -0.3 is 19.4 Å². The number of hydrogen-bond donors (Lipinski definition) is 0. The van der Waals surface area contributed by atoms with Crippen LogP contribution in [-0.4, -0.2) is 71.6 Å². The number of non-ortho nitro benzene ring substituents is 1. The molecular weight excluding hydrogens is 412 g/mol. The van der Waals surface area contributed by atoms with Crippen molar-refractivity contribution in [1.82, 2.24) is 14.9 Å². The molecule has 0 atom stereocenters. The number of nitro benzene ring substituents is 1. The molecule has 5 rings (SSSR count). The standard InChI is InChI=1S/C22H26N6O4/c29-21(16-3-5-17(6-4-16)28(30)31)27-10-7-19-18(15-27)20(25-11-13-32-14-12-25)24-22(23-19)26-8-1-2-9-26/h3-6H,1-2,7-15H2. The normalized spacial score (nSPS) is 18.6. The summed E-state index contributed by atoms with van der Waals surface area (Å²) in [6, 6.07) is 5.78. The molecule has 1 aromatic carbocycles. The van der Waals surface area contributed by atoms with Gasteiger partial charge >= 0.3 is 0 Å². The maximum Gasteiger partial charge on any atom is 0.269 e. The van der Waals surface area contributed by atoms with Gasteiger partial charge in [-0.2, -0.15) is 4.98 Å². The van der Waals surface area contributed by atoms with Gasteiger partial charge in [0.15, 0.2) is 0 Å². The van der Waals surface area contributed by atoms with E-state index in [0.717, 1.165) is 62.0 Å². The largest absolute Gasteiger partial charge is 0.378 e. The Labute approximate surface area is 185 Å². The van der Waals surface area contributed by atoms with Crippen molar-refractivity contribution in [3.63, 3.8) is 0 Å². The lowest BCUT2D eigenvalue weighted by atomic mass is 10.0. The quantitative estimate of drug-likeness (QED) is 0.527. The highest BCUT2D eigenvalue weighted by molar-refractivity contribution is 5.94. The lowest BCUT2D eigenvalue weighted by Gasteiger charge is -2.35. The minimum Gasteiger partial charge on any atom is -0.378 e. The first-order valence-electron chi connectivity index (χ1n) is 11.1. The number of aromatic nitrogens is 2. The van der Waals surface area contributed by atoms with Crippen molar-refractivity contribution in [2.24, 2.45) is 0 Å². The molecule has 32 heavy (non-hydrogen) atoms. The summed E-state index contributed by atoms with van der Waals surface area (Å²) in [4.78, 5) is 39.7. The van der Waals surface area contributed by atoms with Crippen LogP contribution >= 0.6 is 0 Å². The summed E-state index contributed by atoms with van der Waals surface area (Å²) in [6.45, 7) is 5.78. The highest BCUT2D eigenvalue weighted by atomic mass is 16.6. The summed E-state index contributed by atoms with van der Waals surface area (Å²) in [7, 11) is 0. The molecule has 1 amide bonds. The molecule has 2 aromatic rings. The van der Waals surface area contributed by atoms with Crippen molar-refractivity contribution in [1.29, 1.82) is 0 Å². The van der Waals surface area contributed by atoms with Gasteiger partial charge in [-0.25, -0.2) is 4.98 Å². The number of rotatable bonds is 4. The van der Waals surface area contributed by atoms with E-state index in [1.807, 2.05) is 0 Å². The summed E-state index contributed by atoms with van der Waals surface area (Å²) in [6.07, 6.45) is 2.98. The Morgan fingerprint density at radius 3 is 2.38 bits per heavy atom. The molecule has 0 bridgehead atoms. The second-order valence-electron chi connectivity index (χ2n) is 8.35. The zero-order valence-electron chi connectivity index (χ0n) is 17.9. The van der Waals surface area contributed by atoms with Crippen molar-refractivity contribution in [3.8, 4) is 0 Å². The Morgan fingerprint density at radius 2 is 1.69 bits per heavy atom. The molecule has 10 nitrogen and oxygen atoms in total. The fourth-order valence-electron chi connectivity index (χ4n) is 4.56. The van der Waals surface area contributed by atoms with Gasteiger partial charge in [0.25, 0.3) is 11.6 Å². The van der Waals surface area contributed by atoms with E-state index in [1.54, 1.807) is 4.90 Å². The molecule has 2 saturated heterocycles. The third kappa shape index (κ3) is 3.97. The smallest absolute Gasteiger partial charge is 0.269 e. The fourth-order valence-corrected chi connectivity index (χ4v) is 4.56. The lowest BCUT2D eigenvalue weighted by Crippen LogP contribution is -2.41. The van der Waals surface area contributed by atoms with Crippen LogP contribution in [0.1, 0.15) is 34.5 Å². The van der Waals surface area contributed by atoms with E-state index in [1.165, 1.54) is 24.3 Å². The van der Waals surface area contributed by atoms with Crippen LogP contribution in [0.25, 0.3) is 0 Å². The number of morpholine rings is 1. The van der Waals surface area contributed by atoms with E-state index in [2.05, 4.69) is 9.80 Å². The Kier molecular flexibility index (Phi) is 5.60. The number of hydrogen-bond acceptors (Lipinski definition) is 8. The van der Waals surface area contributed by atoms with E-state index in [0.29, 0.717) is 38.3 Å². The first-order valence-corrected chi connectivity index (χ1v) is 11.1. The molecule has 1 aromatic heterocycles. The topological polar surface area (TPSA) is 105 Å². The molecule has 168 valence electrons. The molecule has 2 fully saturated rings. The fraction of sp³-hybridized carbons (Fsp3) is 0.500. The molecule has 0 radical (unpaired) electrons. The van der Waals surface area contributed by atoms with Gasteiger partial charge in [-0.1, -0.05) is 0 Å². The van der Waals surface area contributed by atoms with Crippen LogP contribution in [0.3, 0.4) is 0 Å². The minimum absolute atomic E-state index is 0.0250. The predicted molar refractivity (Wildman–Crippen MR) is 118 cm³/mol. The van der Waals surface area contributed by atoms with Gasteiger partial charge in [0.05, 0.1) is 30.4 Å². The average molecular weight is 438 g/mol. The van der Waals surface area contributed by atoms with Crippen molar-refractivity contribution in [3.05, 3.63) is 51.2 Å². The summed E-state index contributed by atoms with van der Waals surface area (Å²) in [5, 5.41) is 10.9. The number of fused-ring (bicyclic) bond motifs is 1. The van der Waals surface area contributed by atoms with Crippen molar-refractivity contribution < 1.29 is 14.5 Å². The highest BCUT2D eigenvalue weighted by Crippen LogP contribution is 2.31. The number of amides is 1. The molecule has 0 N–H and O–H groups in total. The molecule has 0 saturated carbocycles. The minimum atomic E-state index is -0.463. The van der Waals surface area contributed by atoms with E-state index in [4.69, 9.17) is 14.7 Å². The maximum atomic E-state index is 13.1. The number of carbonyl (C=O) groups is 1.